The van der Waals surface area contributed by atoms with Crippen LogP contribution in [0.5, 0.6) is 5.75 Å². The third-order valence-corrected chi connectivity index (χ3v) is 4.30. The molecule has 2 N–H and O–H groups in total. The van der Waals surface area contributed by atoms with Crippen LogP contribution >= 0.6 is 0 Å². The number of para-hydroxylation sites is 1. The second-order valence-corrected chi connectivity index (χ2v) is 6.04. The molecule has 0 saturated heterocycles. The summed E-state index contributed by atoms with van der Waals surface area (Å²) in [5.41, 5.74) is 3.91. The molecule has 1 aliphatic rings. The Bertz CT molecular complexity index is 694. The number of nitrogens with one attached hydrogen (secondary N) is 1. The molecule has 3 rings (SSSR count). The van der Waals surface area contributed by atoms with Crippen LogP contribution in [0, 0.1) is 0 Å². The number of hydrogen-bond acceptors (Lipinski definition) is 2. The van der Waals surface area contributed by atoms with Crippen molar-refractivity contribution in [2.75, 3.05) is 24.5 Å². The molecule has 4 heteroatoms. The molecule has 0 unspecified atom stereocenters. The van der Waals surface area contributed by atoms with Gasteiger partial charge in [0.05, 0.1) is 0 Å². The summed E-state index contributed by atoms with van der Waals surface area (Å²) in [5, 5.41) is 12.7. The summed E-state index contributed by atoms with van der Waals surface area (Å²) in [6.45, 7) is 4.76. The van der Waals surface area contributed by atoms with Crippen LogP contribution in [0.25, 0.3) is 0 Å². The number of aliphatic imine (C=N–C) groups is 1. The van der Waals surface area contributed by atoms with E-state index in [1.165, 1.54) is 16.8 Å². The van der Waals surface area contributed by atoms with E-state index in [0.717, 1.165) is 44.9 Å². The average Bonchev–Trinajstić information content (AvgIpc) is 3.03. The third-order valence-electron chi connectivity index (χ3n) is 4.30. The van der Waals surface area contributed by atoms with Gasteiger partial charge < -0.3 is 15.3 Å². The first-order chi connectivity index (χ1) is 11.8. The number of phenols is 1. The molecule has 2 aromatic rings. The average molecular weight is 323 g/mol. The lowest BCUT2D eigenvalue weighted by Crippen LogP contribution is -2.40. The van der Waals surface area contributed by atoms with Crippen molar-refractivity contribution in [2.45, 2.75) is 26.2 Å². The molecule has 126 valence electrons. The molecule has 1 heterocycles. The number of guanidine groups is 1. The van der Waals surface area contributed by atoms with E-state index in [-0.39, 0.29) is 0 Å². The summed E-state index contributed by atoms with van der Waals surface area (Å²) in [5.74, 6) is 1.30. The first-order valence-electron chi connectivity index (χ1n) is 8.69. The summed E-state index contributed by atoms with van der Waals surface area (Å²) >= 11 is 0. The number of aromatic hydroxyl groups is 1. The molecular weight excluding hydrogens is 298 g/mol. The van der Waals surface area contributed by atoms with Crippen LogP contribution in [0.15, 0.2) is 53.5 Å². The summed E-state index contributed by atoms with van der Waals surface area (Å²) in [6.07, 6.45) is 3.04. The Hall–Kier alpha value is -2.49. The van der Waals surface area contributed by atoms with E-state index in [0.29, 0.717) is 5.75 Å². The second-order valence-electron chi connectivity index (χ2n) is 6.04. The van der Waals surface area contributed by atoms with E-state index >= 15 is 0 Å². The number of aryl methyl sites for hydroxylation is 1. The van der Waals surface area contributed by atoms with Gasteiger partial charge in [0.1, 0.15) is 5.75 Å². The van der Waals surface area contributed by atoms with Crippen molar-refractivity contribution < 1.29 is 5.11 Å². The molecule has 4 nitrogen and oxygen atoms in total. The predicted molar refractivity (Wildman–Crippen MR) is 99.9 cm³/mol. The van der Waals surface area contributed by atoms with Gasteiger partial charge in [0.25, 0.3) is 0 Å². The van der Waals surface area contributed by atoms with E-state index in [2.05, 4.69) is 41.4 Å². The van der Waals surface area contributed by atoms with Gasteiger partial charge in [-0.3, -0.25) is 4.99 Å². The maximum atomic E-state index is 9.33. The van der Waals surface area contributed by atoms with Crippen LogP contribution in [-0.2, 0) is 12.8 Å². The first kappa shape index (κ1) is 16.4. The summed E-state index contributed by atoms with van der Waals surface area (Å²) < 4.78 is 0. The number of fused-ring (bicyclic) bond motifs is 1. The lowest BCUT2D eigenvalue weighted by molar-refractivity contribution is 0.475. The van der Waals surface area contributed by atoms with E-state index in [9.17, 15) is 5.11 Å². The molecule has 1 aliphatic heterocycles. The SMILES string of the molecule is CCNC(=NCCCc1ccc(O)cc1)N1CCc2ccccc21. The van der Waals surface area contributed by atoms with Crippen LogP contribution in [0.1, 0.15) is 24.5 Å². The largest absolute Gasteiger partial charge is 0.508 e. The Balaban J connectivity index is 1.61. The van der Waals surface area contributed by atoms with Gasteiger partial charge in [-0.25, -0.2) is 0 Å². The highest BCUT2D eigenvalue weighted by Gasteiger charge is 2.22. The molecule has 0 amide bonds. The van der Waals surface area contributed by atoms with Crippen molar-refractivity contribution >= 4 is 11.6 Å². The van der Waals surface area contributed by atoms with E-state index < -0.39 is 0 Å². The molecule has 0 saturated carbocycles. The predicted octanol–water partition coefficient (Wildman–Crippen LogP) is 3.35. The van der Waals surface area contributed by atoms with Gasteiger partial charge >= 0.3 is 0 Å². The molecule has 0 radical (unpaired) electrons. The zero-order chi connectivity index (χ0) is 16.8. The standard InChI is InChI=1S/C20H25N3O/c1-2-21-20(23-15-13-17-7-3-4-8-19(17)23)22-14-5-6-16-9-11-18(24)12-10-16/h3-4,7-12,24H,2,5-6,13-15H2,1H3,(H,21,22). The van der Waals surface area contributed by atoms with E-state index in [1.54, 1.807) is 12.1 Å². The van der Waals surface area contributed by atoms with Crippen LogP contribution in [0.2, 0.25) is 0 Å². The van der Waals surface area contributed by atoms with Gasteiger partial charge in [0.15, 0.2) is 5.96 Å². The normalized spacial score (nSPS) is 13.9. The quantitative estimate of drug-likeness (QED) is 0.504. The minimum Gasteiger partial charge on any atom is -0.508 e. The number of anilines is 1. The van der Waals surface area contributed by atoms with E-state index in [1.807, 2.05) is 12.1 Å². The molecule has 24 heavy (non-hydrogen) atoms. The molecule has 0 fully saturated rings. The highest BCUT2D eigenvalue weighted by molar-refractivity contribution is 5.97. The lowest BCUT2D eigenvalue weighted by Gasteiger charge is -2.22. The number of nitrogens with zero attached hydrogens (tertiary/aromatic N) is 2. The number of phenolic OH excluding ortho intramolecular Hbond substituents is 1. The fourth-order valence-electron chi connectivity index (χ4n) is 3.08. The van der Waals surface area contributed by atoms with Gasteiger partial charge in [-0.2, -0.15) is 0 Å². The molecular formula is C20H25N3O. The monoisotopic (exact) mass is 323 g/mol. The van der Waals surface area contributed by atoms with Crippen molar-refractivity contribution in [2.24, 2.45) is 4.99 Å². The van der Waals surface area contributed by atoms with Gasteiger partial charge in [0, 0.05) is 25.3 Å². The van der Waals surface area contributed by atoms with Crippen molar-refractivity contribution in [3.05, 3.63) is 59.7 Å². The molecule has 0 bridgehead atoms. The van der Waals surface area contributed by atoms with Gasteiger partial charge in [-0.15, -0.1) is 0 Å². The van der Waals surface area contributed by atoms with Crippen LogP contribution < -0.4 is 10.2 Å². The molecule has 0 aliphatic carbocycles. The minimum absolute atomic E-state index is 0.318. The molecule has 2 aromatic carbocycles. The third kappa shape index (κ3) is 3.88. The van der Waals surface area contributed by atoms with Crippen molar-refractivity contribution in [3.8, 4) is 5.75 Å². The number of hydrogen-bond donors (Lipinski definition) is 2. The highest BCUT2D eigenvalue weighted by atomic mass is 16.3. The minimum atomic E-state index is 0.318. The van der Waals surface area contributed by atoms with Crippen molar-refractivity contribution in [1.82, 2.24) is 5.32 Å². The molecule has 0 spiro atoms. The van der Waals surface area contributed by atoms with Gasteiger partial charge in [-0.05, 0) is 55.5 Å². The number of benzene rings is 2. The van der Waals surface area contributed by atoms with Gasteiger partial charge in [0.2, 0.25) is 0 Å². The Morgan fingerprint density at radius 2 is 1.96 bits per heavy atom. The maximum Gasteiger partial charge on any atom is 0.198 e. The topological polar surface area (TPSA) is 47.9 Å². The highest BCUT2D eigenvalue weighted by Crippen LogP contribution is 2.27. The zero-order valence-electron chi connectivity index (χ0n) is 14.2. The van der Waals surface area contributed by atoms with Crippen LogP contribution in [0.3, 0.4) is 0 Å². The first-order valence-corrected chi connectivity index (χ1v) is 8.69. The fraction of sp³-hybridized carbons (Fsp3) is 0.350. The maximum absolute atomic E-state index is 9.33. The summed E-state index contributed by atoms with van der Waals surface area (Å²) in [4.78, 5) is 7.10. The van der Waals surface area contributed by atoms with E-state index in [4.69, 9.17) is 4.99 Å². The molecule has 0 atom stereocenters. The van der Waals surface area contributed by atoms with Crippen LogP contribution in [0.4, 0.5) is 5.69 Å². The number of rotatable bonds is 5. The smallest absolute Gasteiger partial charge is 0.198 e. The van der Waals surface area contributed by atoms with Gasteiger partial charge in [-0.1, -0.05) is 30.3 Å². The Kier molecular flexibility index (Phi) is 5.36. The summed E-state index contributed by atoms with van der Waals surface area (Å²) in [6, 6.07) is 16.0. The van der Waals surface area contributed by atoms with Crippen molar-refractivity contribution in [1.29, 1.82) is 0 Å². The lowest BCUT2D eigenvalue weighted by atomic mass is 10.1. The fourth-order valence-corrected chi connectivity index (χ4v) is 3.08. The zero-order valence-corrected chi connectivity index (χ0v) is 14.2. The second kappa shape index (κ2) is 7.86. The Labute approximate surface area is 143 Å². The summed E-state index contributed by atoms with van der Waals surface area (Å²) in [7, 11) is 0. The Morgan fingerprint density at radius 1 is 1.17 bits per heavy atom. The van der Waals surface area contributed by atoms with Crippen molar-refractivity contribution in [3.63, 3.8) is 0 Å². The van der Waals surface area contributed by atoms with Crippen LogP contribution in [-0.4, -0.2) is 30.7 Å². The molecule has 0 aromatic heterocycles. The Morgan fingerprint density at radius 3 is 2.75 bits per heavy atom.